The van der Waals surface area contributed by atoms with Crippen LogP contribution in [0, 0.1) is 6.92 Å². The Hall–Kier alpha value is -1.85. The zero-order valence-corrected chi connectivity index (χ0v) is 9.12. The van der Waals surface area contributed by atoms with Crippen LogP contribution in [0.1, 0.15) is 12.5 Å². The summed E-state index contributed by atoms with van der Waals surface area (Å²) in [6, 6.07) is 0. The number of aromatic nitrogens is 2. The molecule has 1 N–H and O–H groups in total. The van der Waals surface area contributed by atoms with Crippen molar-refractivity contribution in [2.45, 2.75) is 13.8 Å². The van der Waals surface area contributed by atoms with Crippen LogP contribution < -0.4 is 16.6 Å². The second kappa shape index (κ2) is 3.72. The summed E-state index contributed by atoms with van der Waals surface area (Å²) in [7, 11) is 2.90. The maximum atomic E-state index is 11.5. The van der Waals surface area contributed by atoms with Gasteiger partial charge in [0.05, 0.1) is 5.56 Å². The summed E-state index contributed by atoms with van der Waals surface area (Å²) in [5.41, 5.74) is -0.522. The molecule has 0 aliphatic heterocycles. The number of amides is 1. The smallest absolute Gasteiger partial charge is 0.312 e. The molecule has 1 aromatic heterocycles. The highest BCUT2D eigenvalue weighted by Gasteiger charge is 2.12. The highest BCUT2D eigenvalue weighted by Crippen LogP contribution is 2.05. The predicted molar refractivity (Wildman–Crippen MR) is 56.0 cm³/mol. The number of carbonyl (C=O) groups excluding carboxylic acids is 1. The molecule has 1 amide bonds. The Labute approximate surface area is 86.1 Å². The molecule has 0 unspecified atom stereocenters. The average Bonchev–Trinajstić information content (AvgIpc) is 2.18. The number of nitrogens with one attached hydrogen (secondary N) is 1. The molecule has 0 fully saturated rings. The lowest BCUT2D eigenvalue weighted by molar-refractivity contribution is -0.114. The van der Waals surface area contributed by atoms with E-state index in [0.29, 0.717) is 5.56 Å². The van der Waals surface area contributed by atoms with Gasteiger partial charge in [-0.2, -0.15) is 0 Å². The molecule has 0 saturated heterocycles. The Bertz CT molecular complexity index is 487. The topological polar surface area (TPSA) is 73.1 Å². The van der Waals surface area contributed by atoms with Crippen molar-refractivity contribution in [1.29, 1.82) is 0 Å². The number of rotatable bonds is 1. The highest BCUT2D eigenvalue weighted by molar-refractivity contribution is 5.88. The summed E-state index contributed by atoms with van der Waals surface area (Å²) in [6.45, 7) is 2.88. The fourth-order valence-electron chi connectivity index (χ4n) is 1.36. The molecular weight excluding hydrogens is 198 g/mol. The van der Waals surface area contributed by atoms with E-state index in [1.54, 1.807) is 6.92 Å². The zero-order valence-electron chi connectivity index (χ0n) is 9.12. The van der Waals surface area contributed by atoms with Crippen molar-refractivity contribution in [2.75, 3.05) is 5.32 Å². The van der Waals surface area contributed by atoms with Crippen LogP contribution in [0.5, 0.6) is 0 Å². The van der Waals surface area contributed by atoms with Crippen molar-refractivity contribution in [3.63, 3.8) is 0 Å². The highest BCUT2D eigenvalue weighted by atomic mass is 16.2. The maximum absolute atomic E-state index is 11.5. The van der Waals surface area contributed by atoms with E-state index in [1.165, 1.54) is 25.6 Å². The molecule has 0 aliphatic carbocycles. The predicted octanol–water partition coefficient (Wildman–Crippen LogP) is -0.649. The van der Waals surface area contributed by atoms with Crippen molar-refractivity contribution in [3.05, 3.63) is 26.4 Å². The van der Waals surface area contributed by atoms with E-state index in [4.69, 9.17) is 0 Å². The number of anilines is 1. The number of nitrogens with zero attached hydrogens (tertiary/aromatic N) is 2. The molecule has 6 nitrogen and oxygen atoms in total. The van der Waals surface area contributed by atoms with Crippen molar-refractivity contribution in [1.82, 2.24) is 9.13 Å². The van der Waals surface area contributed by atoms with E-state index in [-0.39, 0.29) is 11.7 Å². The minimum atomic E-state index is -0.464. The summed E-state index contributed by atoms with van der Waals surface area (Å²) >= 11 is 0. The van der Waals surface area contributed by atoms with Crippen LogP contribution >= 0.6 is 0 Å². The first-order valence-electron chi connectivity index (χ1n) is 4.40. The van der Waals surface area contributed by atoms with Gasteiger partial charge in [-0.1, -0.05) is 0 Å². The summed E-state index contributed by atoms with van der Waals surface area (Å²) < 4.78 is 2.23. The fraction of sp³-hybridized carbons (Fsp3) is 0.444. The minimum Gasteiger partial charge on any atom is -0.312 e. The van der Waals surface area contributed by atoms with Gasteiger partial charge in [-0.15, -0.1) is 0 Å². The SMILES string of the molecule is CC(=O)Nc1c(C)c(=O)n(C)c(=O)n1C. The van der Waals surface area contributed by atoms with Gasteiger partial charge >= 0.3 is 5.69 Å². The first kappa shape index (κ1) is 11.2. The van der Waals surface area contributed by atoms with Crippen LogP contribution in [0.2, 0.25) is 0 Å². The lowest BCUT2D eigenvalue weighted by atomic mass is 10.3. The summed E-state index contributed by atoms with van der Waals surface area (Å²) in [5.74, 6) is -0.0723. The van der Waals surface area contributed by atoms with Crippen LogP contribution in [-0.2, 0) is 18.9 Å². The van der Waals surface area contributed by atoms with E-state index in [9.17, 15) is 14.4 Å². The van der Waals surface area contributed by atoms with Crippen molar-refractivity contribution >= 4 is 11.7 Å². The van der Waals surface area contributed by atoms with Gasteiger partial charge in [0.25, 0.3) is 5.56 Å². The van der Waals surface area contributed by atoms with Crippen LogP contribution in [0.3, 0.4) is 0 Å². The Morgan fingerprint density at radius 1 is 1.20 bits per heavy atom. The Balaban J connectivity index is 3.60. The minimum absolute atomic E-state index is 0.246. The van der Waals surface area contributed by atoms with Crippen molar-refractivity contribution < 1.29 is 4.79 Å². The molecule has 1 heterocycles. The van der Waals surface area contributed by atoms with E-state index >= 15 is 0 Å². The molecule has 0 saturated carbocycles. The van der Waals surface area contributed by atoms with Gasteiger partial charge in [-0.05, 0) is 6.92 Å². The standard InChI is InChI=1S/C9H13N3O3/c1-5-7(10-6(2)13)11(3)9(15)12(4)8(5)14/h1-4H3,(H,10,13). The third-order valence-corrected chi connectivity index (χ3v) is 2.18. The van der Waals surface area contributed by atoms with E-state index in [0.717, 1.165) is 4.57 Å². The molecular formula is C9H13N3O3. The van der Waals surface area contributed by atoms with Crippen molar-refractivity contribution in [2.24, 2.45) is 14.1 Å². The Kier molecular flexibility index (Phi) is 2.78. The fourth-order valence-corrected chi connectivity index (χ4v) is 1.36. The van der Waals surface area contributed by atoms with Gasteiger partial charge in [-0.25, -0.2) is 4.79 Å². The summed E-state index contributed by atoms with van der Waals surface area (Å²) in [6.07, 6.45) is 0. The third-order valence-electron chi connectivity index (χ3n) is 2.18. The van der Waals surface area contributed by atoms with Gasteiger partial charge in [0.2, 0.25) is 5.91 Å². The largest absolute Gasteiger partial charge is 0.332 e. The molecule has 0 aliphatic rings. The van der Waals surface area contributed by atoms with Crippen LogP contribution in [0.15, 0.2) is 9.59 Å². The number of hydrogen-bond acceptors (Lipinski definition) is 3. The molecule has 0 bridgehead atoms. The van der Waals surface area contributed by atoms with Gasteiger partial charge in [-0.3, -0.25) is 18.7 Å². The lowest BCUT2D eigenvalue weighted by Crippen LogP contribution is -2.40. The lowest BCUT2D eigenvalue weighted by Gasteiger charge is -2.12. The van der Waals surface area contributed by atoms with Crippen LogP contribution in [0.25, 0.3) is 0 Å². The van der Waals surface area contributed by atoms with Crippen LogP contribution in [0.4, 0.5) is 5.82 Å². The molecule has 0 radical (unpaired) electrons. The molecule has 82 valence electrons. The van der Waals surface area contributed by atoms with Gasteiger partial charge < -0.3 is 5.32 Å². The van der Waals surface area contributed by atoms with E-state index in [2.05, 4.69) is 5.32 Å². The normalized spacial score (nSPS) is 10.1. The zero-order chi connectivity index (χ0) is 11.7. The Morgan fingerprint density at radius 3 is 2.20 bits per heavy atom. The van der Waals surface area contributed by atoms with Crippen molar-refractivity contribution in [3.8, 4) is 0 Å². The molecule has 15 heavy (non-hydrogen) atoms. The first-order chi connectivity index (χ1) is 6.86. The maximum Gasteiger partial charge on any atom is 0.332 e. The number of carbonyl (C=O) groups is 1. The summed E-state index contributed by atoms with van der Waals surface area (Å²) in [4.78, 5) is 34.0. The third kappa shape index (κ3) is 1.83. The van der Waals surface area contributed by atoms with E-state index in [1.807, 2.05) is 0 Å². The molecule has 1 aromatic rings. The second-order valence-corrected chi connectivity index (χ2v) is 3.36. The molecule has 0 spiro atoms. The molecule has 0 atom stereocenters. The molecule has 6 heteroatoms. The average molecular weight is 211 g/mol. The van der Waals surface area contributed by atoms with E-state index < -0.39 is 11.2 Å². The Morgan fingerprint density at radius 2 is 1.73 bits per heavy atom. The number of hydrogen-bond donors (Lipinski definition) is 1. The first-order valence-corrected chi connectivity index (χ1v) is 4.40. The van der Waals surface area contributed by atoms with Crippen LogP contribution in [-0.4, -0.2) is 15.0 Å². The van der Waals surface area contributed by atoms with Gasteiger partial charge in [0, 0.05) is 21.0 Å². The second-order valence-electron chi connectivity index (χ2n) is 3.36. The molecule has 0 aromatic carbocycles. The monoisotopic (exact) mass is 211 g/mol. The van der Waals surface area contributed by atoms with Gasteiger partial charge in [0.15, 0.2) is 0 Å². The van der Waals surface area contributed by atoms with Gasteiger partial charge in [0.1, 0.15) is 5.82 Å². The molecule has 1 rings (SSSR count). The quantitative estimate of drug-likeness (QED) is 0.671. The summed E-state index contributed by atoms with van der Waals surface area (Å²) in [5, 5.41) is 2.46.